The van der Waals surface area contributed by atoms with E-state index in [0.717, 1.165) is 12.0 Å². The number of pyridine rings is 1. The normalized spacial score (nSPS) is 24.2. The first-order valence-electron chi connectivity index (χ1n) is 5.55. The molecule has 2 atom stereocenters. The lowest BCUT2D eigenvalue weighted by molar-refractivity contribution is -0.385. The number of hydrogen-bond donors (Lipinski definition) is 1. The van der Waals surface area contributed by atoms with E-state index in [-0.39, 0.29) is 5.69 Å². The van der Waals surface area contributed by atoms with Crippen LogP contribution in [0.4, 0.5) is 5.69 Å². The van der Waals surface area contributed by atoms with Crippen LogP contribution in [0, 0.1) is 16.0 Å². The maximum Gasteiger partial charge on any atom is 0.294 e. The number of nitro groups is 1. The average Bonchev–Trinajstić information content (AvgIpc) is 2.27. The van der Waals surface area contributed by atoms with Crippen molar-refractivity contribution in [1.82, 2.24) is 4.98 Å². The Bertz CT molecular complexity index is 471. The summed E-state index contributed by atoms with van der Waals surface area (Å²) in [7, 11) is 0. The Morgan fingerprint density at radius 3 is 3.00 bits per heavy atom. The van der Waals surface area contributed by atoms with Crippen molar-refractivity contribution in [2.45, 2.75) is 25.9 Å². The third kappa shape index (κ3) is 2.50. The molecule has 1 aliphatic rings. The van der Waals surface area contributed by atoms with Gasteiger partial charge in [-0.25, -0.2) is 0 Å². The predicted octanol–water partition coefficient (Wildman–Crippen LogP) is 2.16. The zero-order chi connectivity index (χ0) is 12.4. The molecule has 0 aromatic carbocycles. The van der Waals surface area contributed by atoms with Crippen molar-refractivity contribution in [3.63, 3.8) is 0 Å². The van der Waals surface area contributed by atoms with Gasteiger partial charge >= 0.3 is 0 Å². The highest BCUT2D eigenvalue weighted by atomic mass is 16.6. The van der Waals surface area contributed by atoms with Gasteiger partial charge in [0.05, 0.1) is 16.6 Å². The first-order chi connectivity index (χ1) is 8.08. The van der Waals surface area contributed by atoms with Gasteiger partial charge in [0.25, 0.3) is 5.69 Å². The van der Waals surface area contributed by atoms with Gasteiger partial charge in [-0.2, -0.15) is 0 Å². The molecule has 1 N–H and O–H groups in total. The van der Waals surface area contributed by atoms with Crippen LogP contribution < -0.4 is 0 Å². The van der Waals surface area contributed by atoms with Gasteiger partial charge in [-0.05, 0) is 30.4 Å². The summed E-state index contributed by atoms with van der Waals surface area (Å²) < 4.78 is 0. The Hall–Kier alpha value is -1.75. The van der Waals surface area contributed by atoms with Gasteiger partial charge < -0.3 is 5.11 Å². The molecule has 0 saturated heterocycles. The minimum atomic E-state index is -0.512. The number of allylic oxidation sites excluding steroid dienone is 1. The fraction of sp³-hybridized carbons (Fsp3) is 0.417. The molecule has 5 heteroatoms. The van der Waals surface area contributed by atoms with E-state index in [1.165, 1.54) is 12.4 Å². The molecule has 5 nitrogen and oxygen atoms in total. The van der Waals surface area contributed by atoms with Crippen molar-refractivity contribution < 1.29 is 10.0 Å². The molecular formula is C12H14N2O3. The minimum absolute atomic E-state index is 0.0000463. The standard InChI is InChI=1S/C12H14N2O3/c1-8-4-9(6-10(15)5-8)11-2-3-13-7-12(11)14(16)17/h2-3,6-8,10,15H,4-5H2,1H3/t8-,10+/m1/s1. The van der Waals surface area contributed by atoms with Gasteiger partial charge in [-0.1, -0.05) is 13.0 Å². The number of hydrogen-bond acceptors (Lipinski definition) is 4. The summed E-state index contributed by atoms with van der Waals surface area (Å²) >= 11 is 0. The minimum Gasteiger partial charge on any atom is -0.389 e. The molecule has 17 heavy (non-hydrogen) atoms. The molecule has 2 rings (SSSR count). The van der Waals surface area contributed by atoms with Crippen LogP contribution in [0.25, 0.3) is 5.57 Å². The van der Waals surface area contributed by atoms with E-state index in [1.54, 1.807) is 12.1 Å². The number of aliphatic hydroxyl groups excluding tert-OH is 1. The predicted molar refractivity (Wildman–Crippen MR) is 63.3 cm³/mol. The average molecular weight is 234 g/mol. The molecule has 1 aromatic rings. The lowest BCUT2D eigenvalue weighted by atomic mass is 9.85. The zero-order valence-corrected chi connectivity index (χ0v) is 9.54. The molecule has 0 saturated carbocycles. The Morgan fingerprint density at radius 1 is 1.59 bits per heavy atom. The van der Waals surface area contributed by atoms with E-state index in [1.807, 2.05) is 6.92 Å². The summed E-state index contributed by atoms with van der Waals surface area (Å²) in [6.45, 7) is 2.03. The molecule has 1 aliphatic carbocycles. The van der Waals surface area contributed by atoms with Crippen LogP contribution in [0.5, 0.6) is 0 Å². The third-order valence-electron chi connectivity index (χ3n) is 2.95. The second-order valence-corrected chi connectivity index (χ2v) is 4.45. The summed E-state index contributed by atoms with van der Waals surface area (Å²) in [4.78, 5) is 14.2. The summed E-state index contributed by atoms with van der Waals surface area (Å²) in [6.07, 6.45) is 5.45. The SMILES string of the molecule is C[C@@H]1CC(c2ccncc2[N+](=O)[O-])=C[C@@H](O)C1. The monoisotopic (exact) mass is 234 g/mol. The lowest BCUT2D eigenvalue weighted by Crippen LogP contribution is -2.16. The van der Waals surface area contributed by atoms with Gasteiger partial charge in [0, 0.05) is 6.20 Å². The molecule has 1 heterocycles. The number of aliphatic hydroxyl groups is 1. The van der Waals surface area contributed by atoms with E-state index < -0.39 is 11.0 Å². The fourth-order valence-corrected chi connectivity index (χ4v) is 2.24. The van der Waals surface area contributed by atoms with E-state index in [4.69, 9.17) is 0 Å². The maximum atomic E-state index is 10.9. The van der Waals surface area contributed by atoms with Crippen molar-refractivity contribution >= 4 is 11.3 Å². The van der Waals surface area contributed by atoms with E-state index in [0.29, 0.717) is 17.9 Å². The van der Waals surface area contributed by atoms with Gasteiger partial charge in [-0.3, -0.25) is 15.1 Å². The van der Waals surface area contributed by atoms with Gasteiger partial charge in [0.1, 0.15) is 6.20 Å². The van der Waals surface area contributed by atoms with Gasteiger partial charge in [0.2, 0.25) is 0 Å². The highest BCUT2D eigenvalue weighted by Gasteiger charge is 2.23. The summed E-state index contributed by atoms with van der Waals surface area (Å²) in [5.74, 6) is 0.331. The lowest BCUT2D eigenvalue weighted by Gasteiger charge is -2.22. The third-order valence-corrected chi connectivity index (χ3v) is 2.95. The van der Waals surface area contributed by atoms with Gasteiger partial charge in [0.15, 0.2) is 0 Å². The summed E-state index contributed by atoms with van der Waals surface area (Å²) in [5.41, 5.74) is 1.40. The molecule has 0 bridgehead atoms. The van der Waals surface area contributed by atoms with Crippen molar-refractivity contribution in [1.29, 1.82) is 0 Å². The second kappa shape index (κ2) is 4.63. The molecular weight excluding hydrogens is 220 g/mol. The van der Waals surface area contributed by atoms with Crippen LogP contribution in [0.2, 0.25) is 0 Å². The van der Waals surface area contributed by atoms with Crippen molar-refractivity contribution in [3.8, 4) is 0 Å². The second-order valence-electron chi connectivity index (χ2n) is 4.45. The Morgan fingerprint density at radius 2 is 2.35 bits per heavy atom. The highest BCUT2D eigenvalue weighted by Crippen LogP contribution is 2.34. The molecule has 0 fully saturated rings. The first-order valence-corrected chi connectivity index (χ1v) is 5.55. The van der Waals surface area contributed by atoms with Crippen LogP contribution in [0.3, 0.4) is 0 Å². The molecule has 0 radical (unpaired) electrons. The quantitative estimate of drug-likeness (QED) is 0.628. The zero-order valence-electron chi connectivity index (χ0n) is 9.54. The number of rotatable bonds is 2. The van der Waals surface area contributed by atoms with E-state index in [9.17, 15) is 15.2 Å². The van der Waals surface area contributed by atoms with E-state index >= 15 is 0 Å². The topological polar surface area (TPSA) is 76.3 Å². The van der Waals surface area contributed by atoms with Gasteiger partial charge in [-0.15, -0.1) is 0 Å². The Kier molecular flexibility index (Phi) is 3.19. The van der Waals surface area contributed by atoms with Crippen LogP contribution in [-0.4, -0.2) is 21.1 Å². The summed E-state index contributed by atoms with van der Waals surface area (Å²) in [6, 6.07) is 1.63. The number of nitrogens with zero attached hydrogens (tertiary/aromatic N) is 2. The van der Waals surface area contributed by atoms with Crippen molar-refractivity contribution in [2.24, 2.45) is 5.92 Å². The fourth-order valence-electron chi connectivity index (χ4n) is 2.24. The first kappa shape index (κ1) is 11.7. The molecule has 0 spiro atoms. The van der Waals surface area contributed by atoms with Crippen molar-refractivity contribution in [3.05, 3.63) is 40.2 Å². The molecule has 0 unspecified atom stereocenters. The van der Waals surface area contributed by atoms with Crippen LogP contribution in [0.15, 0.2) is 24.5 Å². The van der Waals surface area contributed by atoms with Crippen LogP contribution in [-0.2, 0) is 0 Å². The molecule has 1 aromatic heterocycles. The maximum absolute atomic E-state index is 10.9. The summed E-state index contributed by atoms with van der Waals surface area (Å²) in [5, 5.41) is 20.6. The largest absolute Gasteiger partial charge is 0.389 e. The van der Waals surface area contributed by atoms with Crippen LogP contribution in [0.1, 0.15) is 25.3 Å². The number of aromatic nitrogens is 1. The molecule has 90 valence electrons. The Balaban J connectivity index is 2.43. The van der Waals surface area contributed by atoms with Crippen LogP contribution >= 0.6 is 0 Å². The Labute approximate surface area is 99.0 Å². The molecule has 0 amide bonds. The molecule has 0 aliphatic heterocycles. The smallest absolute Gasteiger partial charge is 0.294 e. The van der Waals surface area contributed by atoms with E-state index in [2.05, 4.69) is 4.98 Å². The van der Waals surface area contributed by atoms with Crippen molar-refractivity contribution in [2.75, 3.05) is 0 Å². The highest BCUT2D eigenvalue weighted by molar-refractivity contribution is 5.73.